The molecule has 25 heavy (non-hydrogen) atoms. The van der Waals surface area contributed by atoms with Crippen molar-refractivity contribution in [3.8, 4) is 0 Å². The Hall–Kier alpha value is -1.60. The van der Waals surface area contributed by atoms with Gasteiger partial charge in [0.15, 0.2) is 0 Å². The quantitative estimate of drug-likeness (QED) is 0.484. The van der Waals surface area contributed by atoms with Crippen molar-refractivity contribution in [1.29, 1.82) is 0 Å². The minimum atomic E-state index is 0.347. The number of hydrogen-bond donors (Lipinski definition) is 0. The molecule has 0 aromatic heterocycles. The van der Waals surface area contributed by atoms with Gasteiger partial charge in [-0.25, -0.2) is 0 Å². The standard InChI is InChI=1S/C24H34O/c1-19-11-15-23(16-12-19)9-5-7-21(3)25-22(4)8-6-10-24-17-13-20(2)14-18-24/h11-18,21-22H,5-10H2,1-4H3. The van der Waals surface area contributed by atoms with Crippen molar-refractivity contribution in [2.75, 3.05) is 0 Å². The zero-order valence-electron chi connectivity index (χ0n) is 16.4. The molecule has 0 saturated heterocycles. The van der Waals surface area contributed by atoms with Gasteiger partial charge in [0, 0.05) is 0 Å². The van der Waals surface area contributed by atoms with Crippen LogP contribution in [0.2, 0.25) is 0 Å². The van der Waals surface area contributed by atoms with Crippen LogP contribution in [-0.2, 0) is 17.6 Å². The zero-order chi connectivity index (χ0) is 18.1. The Morgan fingerprint density at radius 2 is 1.00 bits per heavy atom. The van der Waals surface area contributed by atoms with Crippen molar-refractivity contribution in [1.82, 2.24) is 0 Å². The van der Waals surface area contributed by atoms with E-state index in [1.807, 2.05) is 0 Å². The van der Waals surface area contributed by atoms with E-state index in [1.54, 1.807) is 0 Å². The van der Waals surface area contributed by atoms with Crippen molar-refractivity contribution in [3.63, 3.8) is 0 Å². The molecule has 0 heterocycles. The maximum Gasteiger partial charge on any atom is 0.0550 e. The molecule has 0 spiro atoms. The molecule has 1 nitrogen and oxygen atoms in total. The summed E-state index contributed by atoms with van der Waals surface area (Å²) in [7, 11) is 0. The van der Waals surface area contributed by atoms with Gasteiger partial charge < -0.3 is 4.74 Å². The Balaban J connectivity index is 1.58. The Labute approximate surface area is 154 Å². The fourth-order valence-corrected chi connectivity index (χ4v) is 3.23. The molecule has 2 atom stereocenters. The lowest BCUT2D eigenvalue weighted by Gasteiger charge is -2.19. The van der Waals surface area contributed by atoms with Crippen molar-refractivity contribution >= 4 is 0 Å². The van der Waals surface area contributed by atoms with E-state index in [2.05, 4.69) is 76.2 Å². The summed E-state index contributed by atoms with van der Waals surface area (Å²) in [4.78, 5) is 0. The van der Waals surface area contributed by atoms with Crippen LogP contribution in [-0.4, -0.2) is 12.2 Å². The van der Waals surface area contributed by atoms with Crippen molar-refractivity contribution in [2.24, 2.45) is 0 Å². The zero-order valence-corrected chi connectivity index (χ0v) is 16.4. The maximum absolute atomic E-state index is 6.16. The molecule has 2 unspecified atom stereocenters. The first kappa shape index (κ1) is 19.7. The highest BCUT2D eigenvalue weighted by Gasteiger charge is 2.09. The van der Waals surface area contributed by atoms with Crippen LogP contribution in [0.15, 0.2) is 48.5 Å². The molecule has 0 radical (unpaired) electrons. The average molecular weight is 339 g/mol. The van der Waals surface area contributed by atoms with Gasteiger partial charge >= 0.3 is 0 Å². The van der Waals surface area contributed by atoms with E-state index in [4.69, 9.17) is 4.74 Å². The van der Waals surface area contributed by atoms with E-state index in [1.165, 1.54) is 35.1 Å². The maximum atomic E-state index is 6.16. The molecule has 0 N–H and O–H groups in total. The summed E-state index contributed by atoms with van der Waals surface area (Å²) in [5.41, 5.74) is 5.53. The molecule has 0 fully saturated rings. The fourth-order valence-electron chi connectivity index (χ4n) is 3.23. The number of rotatable bonds is 10. The van der Waals surface area contributed by atoms with Gasteiger partial charge in [-0.2, -0.15) is 0 Å². The molecule has 0 aliphatic rings. The molecule has 136 valence electrons. The fraction of sp³-hybridized carbons (Fsp3) is 0.500. The summed E-state index contributed by atoms with van der Waals surface area (Å²) in [5, 5.41) is 0. The van der Waals surface area contributed by atoms with Crippen LogP contribution in [0.1, 0.15) is 61.8 Å². The van der Waals surface area contributed by atoms with E-state index in [0.717, 1.165) is 25.7 Å². The summed E-state index contributed by atoms with van der Waals surface area (Å²) < 4.78 is 6.16. The molecule has 0 aliphatic heterocycles. The van der Waals surface area contributed by atoms with Gasteiger partial charge in [0.25, 0.3) is 0 Å². The Bertz CT molecular complexity index is 541. The van der Waals surface area contributed by atoms with E-state index in [9.17, 15) is 0 Å². The van der Waals surface area contributed by atoms with Crippen LogP contribution in [0.4, 0.5) is 0 Å². The van der Waals surface area contributed by atoms with Gasteiger partial charge in [-0.05, 0) is 77.3 Å². The first-order valence-electron chi connectivity index (χ1n) is 9.79. The van der Waals surface area contributed by atoms with Crippen LogP contribution in [0.3, 0.4) is 0 Å². The number of hydrogen-bond acceptors (Lipinski definition) is 1. The summed E-state index contributed by atoms with van der Waals surface area (Å²) in [6, 6.07) is 17.8. The lowest BCUT2D eigenvalue weighted by molar-refractivity contribution is -0.00162. The lowest BCUT2D eigenvalue weighted by Crippen LogP contribution is -2.17. The first-order valence-corrected chi connectivity index (χ1v) is 9.79. The van der Waals surface area contributed by atoms with Gasteiger partial charge in [0.1, 0.15) is 0 Å². The SMILES string of the molecule is Cc1ccc(CCCC(C)OC(C)CCCc2ccc(C)cc2)cc1. The monoisotopic (exact) mass is 338 g/mol. The topological polar surface area (TPSA) is 9.23 Å². The molecule has 2 aromatic rings. The smallest absolute Gasteiger partial charge is 0.0550 e. The molecule has 1 heteroatoms. The van der Waals surface area contributed by atoms with E-state index in [-0.39, 0.29) is 0 Å². The molecule has 0 saturated carbocycles. The highest BCUT2D eigenvalue weighted by molar-refractivity contribution is 5.22. The van der Waals surface area contributed by atoms with Crippen LogP contribution in [0.5, 0.6) is 0 Å². The predicted octanol–water partition coefficient (Wildman–Crippen LogP) is 6.44. The second-order valence-electron chi connectivity index (χ2n) is 7.51. The van der Waals surface area contributed by atoms with Crippen LogP contribution >= 0.6 is 0 Å². The minimum Gasteiger partial charge on any atom is -0.376 e. The third-order valence-corrected chi connectivity index (χ3v) is 4.86. The summed E-state index contributed by atoms with van der Waals surface area (Å²) in [6.07, 6.45) is 7.65. The predicted molar refractivity (Wildman–Crippen MR) is 108 cm³/mol. The third kappa shape index (κ3) is 7.88. The van der Waals surface area contributed by atoms with Crippen LogP contribution in [0, 0.1) is 13.8 Å². The second-order valence-corrected chi connectivity index (χ2v) is 7.51. The minimum absolute atomic E-state index is 0.347. The van der Waals surface area contributed by atoms with Gasteiger partial charge in [0.2, 0.25) is 0 Å². The summed E-state index contributed by atoms with van der Waals surface area (Å²) >= 11 is 0. The van der Waals surface area contributed by atoms with Crippen LogP contribution < -0.4 is 0 Å². The molecule has 2 aromatic carbocycles. The molecule has 2 rings (SSSR count). The Morgan fingerprint density at radius 3 is 1.36 bits per heavy atom. The van der Waals surface area contributed by atoms with Crippen molar-refractivity contribution in [2.45, 2.75) is 78.4 Å². The van der Waals surface area contributed by atoms with E-state index < -0.39 is 0 Å². The highest BCUT2D eigenvalue weighted by Crippen LogP contribution is 2.14. The van der Waals surface area contributed by atoms with Gasteiger partial charge in [-0.1, -0.05) is 59.7 Å². The summed E-state index contributed by atoms with van der Waals surface area (Å²) in [5.74, 6) is 0. The van der Waals surface area contributed by atoms with Gasteiger partial charge in [0.05, 0.1) is 12.2 Å². The Kier molecular flexibility index (Phi) is 8.21. The average Bonchev–Trinajstić information content (AvgIpc) is 2.58. The van der Waals surface area contributed by atoms with E-state index >= 15 is 0 Å². The lowest BCUT2D eigenvalue weighted by atomic mass is 10.0. The van der Waals surface area contributed by atoms with Gasteiger partial charge in [-0.3, -0.25) is 0 Å². The highest BCUT2D eigenvalue weighted by atomic mass is 16.5. The van der Waals surface area contributed by atoms with Crippen LogP contribution in [0.25, 0.3) is 0 Å². The molecule has 0 bridgehead atoms. The molecular weight excluding hydrogens is 304 g/mol. The van der Waals surface area contributed by atoms with Crippen molar-refractivity contribution in [3.05, 3.63) is 70.8 Å². The molecular formula is C24H34O. The number of ether oxygens (including phenoxy) is 1. The number of benzene rings is 2. The van der Waals surface area contributed by atoms with E-state index in [0.29, 0.717) is 12.2 Å². The first-order chi connectivity index (χ1) is 12.0. The molecule has 0 aliphatic carbocycles. The Morgan fingerprint density at radius 1 is 0.640 bits per heavy atom. The third-order valence-electron chi connectivity index (χ3n) is 4.86. The van der Waals surface area contributed by atoms with Crippen molar-refractivity contribution < 1.29 is 4.74 Å². The number of aryl methyl sites for hydroxylation is 4. The second kappa shape index (κ2) is 10.4. The largest absolute Gasteiger partial charge is 0.376 e. The van der Waals surface area contributed by atoms with Gasteiger partial charge in [-0.15, -0.1) is 0 Å². The summed E-state index contributed by atoms with van der Waals surface area (Å²) in [6.45, 7) is 8.71. The normalized spacial score (nSPS) is 13.6. The molecule has 0 amide bonds.